The summed E-state index contributed by atoms with van der Waals surface area (Å²) in [5, 5.41) is 4.54. The smallest absolute Gasteiger partial charge is 0.0804 e. The third kappa shape index (κ3) is 1.75. The molecule has 0 aromatic carbocycles. The van der Waals surface area contributed by atoms with E-state index in [0.717, 1.165) is 19.5 Å². The predicted octanol–water partition coefficient (Wildman–Crippen LogP) is 1.54. The number of nitrogens with zero attached hydrogens (tertiary/aromatic N) is 2. The summed E-state index contributed by atoms with van der Waals surface area (Å²) in [5.41, 5.74) is 1.32. The Morgan fingerprint density at radius 2 is 2.25 bits per heavy atom. The molecular weight excluding hydrogens is 148 g/mol. The lowest BCUT2D eigenvalue weighted by Crippen LogP contribution is -2.33. The van der Waals surface area contributed by atoms with Crippen molar-refractivity contribution >= 4 is 5.71 Å². The number of rotatable bonds is 1. The fraction of sp³-hybridized carbons (Fsp3) is 0.700. The van der Waals surface area contributed by atoms with Crippen LogP contribution in [0.25, 0.3) is 0 Å². The third-order valence-corrected chi connectivity index (χ3v) is 2.44. The molecule has 1 radical (unpaired) electrons. The number of aliphatic imine (C=N–C) groups is 1. The Morgan fingerprint density at radius 3 is 2.92 bits per heavy atom. The van der Waals surface area contributed by atoms with Crippen LogP contribution in [0.1, 0.15) is 25.7 Å². The lowest BCUT2D eigenvalue weighted by Gasteiger charge is -2.21. The van der Waals surface area contributed by atoms with Crippen LogP contribution < -0.4 is 5.32 Å². The van der Waals surface area contributed by atoms with Gasteiger partial charge in [0.05, 0.1) is 6.04 Å². The van der Waals surface area contributed by atoms with Crippen molar-refractivity contribution in [2.75, 3.05) is 13.1 Å². The quantitative estimate of drug-likeness (QED) is 0.524. The van der Waals surface area contributed by atoms with Crippen LogP contribution in [0.15, 0.2) is 17.1 Å². The van der Waals surface area contributed by atoms with E-state index in [0.29, 0.717) is 6.04 Å². The van der Waals surface area contributed by atoms with Gasteiger partial charge in [-0.05, 0) is 25.7 Å². The molecule has 2 nitrogen and oxygen atoms in total. The maximum atomic E-state index is 4.54. The maximum absolute atomic E-state index is 4.54. The molecule has 0 saturated carbocycles. The first-order valence-corrected chi connectivity index (χ1v) is 4.83. The minimum absolute atomic E-state index is 0.332. The maximum Gasteiger partial charge on any atom is 0.0804 e. The minimum atomic E-state index is 0.332. The first-order chi connectivity index (χ1) is 5.97. The van der Waals surface area contributed by atoms with E-state index in [1.165, 1.54) is 25.0 Å². The van der Waals surface area contributed by atoms with E-state index in [1.807, 2.05) is 0 Å². The van der Waals surface area contributed by atoms with Crippen LogP contribution in [0.3, 0.4) is 0 Å². The summed E-state index contributed by atoms with van der Waals surface area (Å²) in [6, 6.07) is 0.332. The van der Waals surface area contributed by atoms with Crippen molar-refractivity contribution in [3.05, 3.63) is 12.2 Å². The molecule has 2 rings (SSSR count). The van der Waals surface area contributed by atoms with Crippen molar-refractivity contribution in [2.45, 2.75) is 31.7 Å². The van der Waals surface area contributed by atoms with Gasteiger partial charge >= 0.3 is 0 Å². The van der Waals surface area contributed by atoms with Crippen LogP contribution in [0, 0.1) is 0 Å². The molecule has 0 aliphatic carbocycles. The third-order valence-electron chi connectivity index (χ3n) is 2.44. The molecule has 65 valence electrons. The molecule has 0 fully saturated rings. The van der Waals surface area contributed by atoms with Crippen molar-refractivity contribution in [1.29, 1.82) is 0 Å². The Hall–Kier alpha value is -0.630. The van der Waals surface area contributed by atoms with Gasteiger partial charge in [0.1, 0.15) is 0 Å². The molecule has 2 heterocycles. The highest BCUT2D eigenvalue weighted by molar-refractivity contribution is 5.91. The van der Waals surface area contributed by atoms with Crippen LogP contribution in [-0.4, -0.2) is 24.8 Å². The second-order valence-corrected chi connectivity index (χ2v) is 3.40. The Kier molecular flexibility index (Phi) is 2.57. The van der Waals surface area contributed by atoms with Crippen molar-refractivity contribution in [3.8, 4) is 0 Å². The van der Waals surface area contributed by atoms with E-state index >= 15 is 0 Å². The molecule has 0 N–H and O–H groups in total. The molecular formula is C10H15N2. The highest BCUT2D eigenvalue weighted by Gasteiger charge is 2.16. The van der Waals surface area contributed by atoms with E-state index in [2.05, 4.69) is 22.5 Å². The summed E-state index contributed by atoms with van der Waals surface area (Å²) >= 11 is 0. The monoisotopic (exact) mass is 163 g/mol. The van der Waals surface area contributed by atoms with Gasteiger partial charge in [0, 0.05) is 18.8 Å². The van der Waals surface area contributed by atoms with Gasteiger partial charge in [0.25, 0.3) is 0 Å². The Labute approximate surface area is 73.8 Å². The van der Waals surface area contributed by atoms with E-state index in [4.69, 9.17) is 0 Å². The summed E-state index contributed by atoms with van der Waals surface area (Å²) in [4.78, 5) is 4.52. The van der Waals surface area contributed by atoms with Crippen LogP contribution in [-0.2, 0) is 0 Å². The van der Waals surface area contributed by atoms with Gasteiger partial charge in [-0.1, -0.05) is 12.2 Å². The summed E-state index contributed by atoms with van der Waals surface area (Å²) in [5.74, 6) is 0. The average Bonchev–Trinajstić information content (AvgIpc) is 2.21. The molecule has 0 bridgehead atoms. The fourth-order valence-corrected chi connectivity index (χ4v) is 1.75. The van der Waals surface area contributed by atoms with E-state index in [9.17, 15) is 0 Å². The zero-order valence-corrected chi connectivity index (χ0v) is 7.37. The van der Waals surface area contributed by atoms with Crippen molar-refractivity contribution in [1.82, 2.24) is 5.32 Å². The Morgan fingerprint density at radius 1 is 1.25 bits per heavy atom. The first kappa shape index (κ1) is 7.99. The Bertz CT molecular complexity index is 206. The second-order valence-electron chi connectivity index (χ2n) is 3.40. The predicted molar refractivity (Wildman–Crippen MR) is 50.7 cm³/mol. The van der Waals surface area contributed by atoms with Crippen LogP contribution in [0.2, 0.25) is 0 Å². The van der Waals surface area contributed by atoms with Crippen LogP contribution >= 0.6 is 0 Å². The summed E-state index contributed by atoms with van der Waals surface area (Å²) < 4.78 is 0. The molecule has 0 amide bonds. The molecule has 0 aromatic heterocycles. The van der Waals surface area contributed by atoms with Crippen molar-refractivity contribution in [2.24, 2.45) is 4.99 Å². The van der Waals surface area contributed by atoms with Gasteiger partial charge in [-0.15, -0.1) is 0 Å². The standard InChI is InChI=1S/C10H15N2/c1-3-7-11-9(5-1)10-6-2-4-8-12-10/h1,5,9H,2-4,6-8H2. The molecule has 12 heavy (non-hydrogen) atoms. The van der Waals surface area contributed by atoms with Gasteiger partial charge in [-0.25, -0.2) is 5.32 Å². The molecule has 2 aliphatic rings. The minimum Gasteiger partial charge on any atom is -0.292 e. The van der Waals surface area contributed by atoms with E-state index in [1.54, 1.807) is 0 Å². The van der Waals surface area contributed by atoms with Gasteiger partial charge in [0.15, 0.2) is 0 Å². The van der Waals surface area contributed by atoms with Crippen LogP contribution in [0.4, 0.5) is 0 Å². The summed E-state index contributed by atoms with van der Waals surface area (Å²) in [6.45, 7) is 2.01. The SMILES string of the molecule is C1=CC(C2=NCCCC2)[N]CC1. The Balaban J connectivity index is 2.01. The van der Waals surface area contributed by atoms with E-state index < -0.39 is 0 Å². The molecule has 2 aliphatic heterocycles. The lowest BCUT2D eigenvalue weighted by atomic mass is 10.0. The van der Waals surface area contributed by atoms with E-state index in [-0.39, 0.29) is 0 Å². The summed E-state index contributed by atoms with van der Waals surface area (Å²) in [7, 11) is 0. The van der Waals surface area contributed by atoms with Gasteiger partial charge in [-0.2, -0.15) is 0 Å². The molecule has 0 spiro atoms. The van der Waals surface area contributed by atoms with Gasteiger partial charge in [0.2, 0.25) is 0 Å². The highest BCUT2D eigenvalue weighted by atomic mass is 14.9. The van der Waals surface area contributed by atoms with Crippen LogP contribution in [0.5, 0.6) is 0 Å². The van der Waals surface area contributed by atoms with Gasteiger partial charge in [-0.3, -0.25) is 4.99 Å². The second kappa shape index (κ2) is 3.85. The van der Waals surface area contributed by atoms with Crippen molar-refractivity contribution in [3.63, 3.8) is 0 Å². The zero-order chi connectivity index (χ0) is 8.23. The first-order valence-electron chi connectivity index (χ1n) is 4.83. The number of hydrogen-bond acceptors (Lipinski definition) is 1. The van der Waals surface area contributed by atoms with Gasteiger partial charge < -0.3 is 0 Å². The zero-order valence-electron chi connectivity index (χ0n) is 7.37. The highest BCUT2D eigenvalue weighted by Crippen LogP contribution is 2.12. The molecule has 0 aromatic rings. The lowest BCUT2D eigenvalue weighted by molar-refractivity contribution is 0.627. The molecule has 1 atom stereocenters. The molecule has 2 heteroatoms. The molecule has 0 saturated heterocycles. The summed E-state index contributed by atoms with van der Waals surface area (Å²) in [6.07, 6.45) is 9.28. The number of hydrogen-bond donors (Lipinski definition) is 0. The average molecular weight is 163 g/mol. The largest absolute Gasteiger partial charge is 0.292 e. The normalized spacial score (nSPS) is 30.0. The molecule has 1 unspecified atom stereocenters. The fourth-order valence-electron chi connectivity index (χ4n) is 1.75. The van der Waals surface area contributed by atoms with Crippen molar-refractivity contribution < 1.29 is 0 Å². The topological polar surface area (TPSA) is 26.5 Å².